The molecule has 0 bridgehead atoms. The molecule has 1 aromatic carbocycles. The second-order valence-electron chi connectivity index (χ2n) is 3.92. The minimum atomic E-state index is -0.611. The van der Waals surface area contributed by atoms with Gasteiger partial charge in [0, 0.05) is 18.3 Å². The number of aryl methyl sites for hydroxylation is 1. The van der Waals surface area contributed by atoms with Crippen molar-refractivity contribution in [3.63, 3.8) is 0 Å². The van der Waals surface area contributed by atoms with Gasteiger partial charge in [-0.15, -0.1) is 0 Å². The van der Waals surface area contributed by atoms with E-state index >= 15 is 0 Å². The SMILES string of the molecule is Cc1cccnc1COc1cc(F)ccc1[N+](=O)[O-]. The van der Waals surface area contributed by atoms with Crippen LogP contribution >= 0.6 is 0 Å². The molecular formula is C13H11FN2O3. The standard InChI is InChI=1S/C13H11FN2O3/c1-9-3-2-6-15-11(9)8-19-13-7-10(14)4-5-12(13)16(17)18/h2-7H,8H2,1H3. The number of halogens is 1. The summed E-state index contributed by atoms with van der Waals surface area (Å²) in [4.78, 5) is 14.3. The van der Waals surface area contributed by atoms with Gasteiger partial charge < -0.3 is 4.74 Å². The highest BCUT2D eigenvalue weighted by atomic mass is 19.1. The molecule has 0 amide bonds. The van der Waals surface area contributed by atoms with Gasteiger partial charge in [0.15, 0.2) is 5.75 Å². The van der Waals surface area contributed by atoms with E-state index in [9.17, 15) is 14.5 Å². The van der Waals surface area contributed by atoms with Crippen LogP contribution in [-0.4, -0.2) is 9.91 Å². The lowest BCUT2D eigenvalue weighted by Crippen LogP contribution is -2.02. The second kappa shape index (κ2) is 5.43. The van der Waals surface area contributed by atoms with E-state index in [1.165, 1.54) is 0 Å². The second-order valence-corrected chi connectivity index (χ2v) is 3.92. The normalized spacial score (nSPS) is 10.2. The molecule has 0 aliphatic heterocycles. The molecule has 0 saturated heterocycles. The summed E-state index contributed by atoms with van der Waals surface area (Å²) in [6.07, 6.45) is 1.60. The minimum Gasteiger partial charge on any atom is -0.480 e. The van der Waals surface area contributed by atoms with Crippen LogP contribution in [-0.2, 0) is 6.61 Å². The van der Waals surface area contributed by atoms with Crippen LogP contribution in [0.5, 0.6) is 5.75 Å². The number of nitrogens with zero attached hydrogens (tertiary/aromatic N) is 2. The Labute approximate surface area is 108 Å². The number of pyridine rings is 1. The van der Waals surface area contributed by atoms with Crippen LogP contribution in [0.4, 0.5) is 10.1 Å². The van der Waals surface area contributed by atoms with Gasteiger partial charge in [0.2, 0.25) is 0 Å². The molecule has 1 aromatic heterocycles. The smallest absolute Gasteiger partial charge is 0.311 e. The van der Waals surface area contributed by atoms with Crippen molar-refractivity contribution in [1.29, 1.82) is 0 Å². The molecule has 0 spiro atoms. The van der Waals surface area contributed by atoms with Crippen LogP contribution in [0.15, 0.2) is 36.5 Å². The molecule has 0 fully saturated rings. The summed E-state index contributed by atoms with van der Waals surface area (Å²) in [5.74, 6) is -0.687. The number of benzene rings is 1. The molecule has 98 valence electrons. The first-order valence-corrected chi connectivity index (χ1v) is 5.55. The summed E-state index contributed by atoms with van der Waals surface area (Å²) in [7, 11) is 0. The van der Waals surface area contributed by atoms with Crippen molar-refractivity contribution in [3.05, 3.63) is 63.7 Å². The maximum atomic E-state index is 13.1. The molecule has 0 radical (unpaired) electrons. The van der Waals surface area contributed by atoms with Crippen molar-refractivity contribution in [2.24, 2.45) is 0 Å². The fourth-order valence-electron chi connectivity index (χ4n) is 1.57. The van der Waals surface area contributed by atoms with Crippen LogP contribution in [0.1, 0.15) is 11.3 Å². The highest BCUT2D eigenvalue weighted by molar-refractivity contribution is 5.46. The Bertz CT molecular complexity index is 617. The van der Waals surface area contributed by atoms with Gasteiger partial charge in [-0.25, -0.2) is 4.39 Å². The van der Waals surface area contributed by atoms with E-state index in [0.29, 0.717) is 5.69 Å². The Kier molecular flexibility index (Phi) is 3.70. The fourth-order valence-corrected chi connectivity index (χ4v) is 1.57. The summed E-state index contributed by atoms with van der Waals surface area (Å²) >= 11 is 0. The monoisotopic (exact) mass is 262 g/mol. The van der Waals surface area contributed by atoms with Crippen molar-refractivity contribution < 1.29 is 14.1 Å². The van der Waals surface area contributed by atoms with Crippen molar-refractivity contribution in [1.82, 2.24) is 4.98 Å². The Hall–Kier alpha value is -2.50. The zero-order chi connectivity index (χ0) is 13.8. The average Bonchev–Trinajstić information content (AvgIpc) is 2.37. The molecule has 1 heterocycles. The quantitative estimate of drug-likeness (QED) is 0.627. The molecular weight excluding hydrogens is 251 g/mol. The third kappa shape index (κ3) is 3.04. The van der Waals surface area contributed by atoms with Crippen molar-refractivity contribution >= 4 is 5.69 Å². The Morgan fingerprint density at radius 2 is 2.21 bits per heavy atom. The molecule has 0 saturated carbocycles. The number of nitro benzene ring substituents is 1. The first-order valence-electron chi connectivity index (χ1n) is 5.55. The maximum absolute atomic E-state index is 13.1. The van der Waals surface area contributed by atoms with Crippen molar-refractivity contribution in [3.8, 4) is 5.75 Å². The highest BCUT2D eigenvalue weighted by Crippen LogP contribution is 2.28. The zero-order valence-corrected chi connectivity index (χ0v) is 10.2. The molecule has 0 unspecified atom stereocenters. The number of hydrogen-bond acceptors (Lipinski definition) is 4. The molecule has 2 rings (SSSR count). The molecule has 0 aliphatic carbocycles. The van der Waals surface area contributed by atoms with Gasteiger partial charge in [-0.05, 0) is 24.6 Å². The van der Waals surface area contributed by atoms with Gasteiger partial charge in [0.25, 0.3) is 0 Å². The Morgan fingerprint density at radius 1 is 1.42 bits per heavy atom. The predicted molar refractivity (Wildman–Crippen MR) is 66.4 cm³/mol. The van der Waals surface area contributed by atoms with E-state index in [4.69, 9.17) is 4.74 Å². The van der Waals surface area contributed by atoms with Gasteiger partial charge in [0.05, 0.1) is 10.6 Å². The van der Waals surface area contributed by atoms with Gasteiger partial charge in [0.1, 0.15) is 12.4 Å². The van der Waals surface area contributed by atoms with E-state index in [1.807, 2.05) is 13.0 Å². The van der Waals surface area contributed by atoms with Gasteiger partial charge in [-0.2, -0.15) is 0 Å². The zero-order valence-electron chi connectivity index (χ0n) is 10.2. The molecule has 0 N–H and O–H groups in total. The summed E-state index contributed by atoms with van der Waals surface area (Å²) < 4.78 is 18.4. The number of nitro groups is 1. The van der Waals surface area contributed by atoms with Crippen LogP contribution < -0.4 is 4.74 Å². The summed E-state index contributed by atoms with van der Waals surface area (Å²) in [6.45, 7) is 1.91. The van der Waals surface area contributed by atoms with Crippen LogP contribution in [0, 0.1) is 22.9 Å². The number of hydrogen-bond donors (Lipinski definition) is 0. The molecule has 0 atom stereocenters. The minimum absolute atomic E-state index is 0.0525. The number of ether oxygens (including phenoxy) is 1. The van der Waals surface area contributed by atoms with Gasteiger partial charge in [-0.1, -0.05) is 6.07 Å². The summed E-state index contributed by atoms with van der Waals surface area (Å²) in [5.41, 5.74) is 1.29. The van der Waals surface area contributed by atoms with Crippen LogP contribution in [0.25, 0.3) is 0 Å². The van der Waals surface area contributed by atoms with E-state index in [1.54, 1.807) is 12.3 Å². The molecule has 2 aromatic rings. The average molecular weight is 262 g/mol. The largest absolute Gasteiger partial charge is 0.480 e. The lowest BCUT2D eigenvalue weighted by Gasteiger charge is -2.08. The van der Waals surface area contributed by atoms with E-state index in [2.05, 4.69) is 4.98 Å². The highest BCUT2D eigenvalue weighted by Gasteiger charge is 2.16. The maximum Gasteiger partial charge on any atom is 0.311 e. The first kappa shape index (κ1) is 12.9. The van der Waals surface area contributed by atoms with E-state index in [-0.39, 0.29) is 18.0 Å². The van der Waals surface area contributed by atoms with Crippen molar-refractivity contribution in [2.45, 2.75) is 13.5 Å². The van der Waals surface area contributed by atoms with Crippen molar-refractivity contribution in [2.75, 3.05) is 0 Å². The Balaban J connectivity index is 2.22. The Morgan fingerprint density at radius 3 is 2.89 bits per heavy atom. The molecule has 0 aliphatic rings. The number of aromatic nitrogens is 1. The molecule has 19 heavy (non-hydrogen) atoms. The third-order valence-electron chi connectivity index (χ3n) is 2.60. The molecule has 5 nitrogen and oxygen atoms in total. The summed E-state index contributed by atoms with van der Waals surface area (Å²) in [6, 6.07) is 6.73. The topological polar surface area (TPSA) is 65.3 Å². The third-order valence-corrected chi connectivity index (χ3v) is 2.60. The lowest BCUT2D eigenvalue weighted by atomic mass is 10.2. The van der Waals surface area contributed by atoms with E-state index in [0.717, 1.165) is 23.8 Å². The fraction of sp³-hybridized carbons (Fsp3) is 0.154. The van der Waals surface area contributed by atoms with Crippen LogP contribution in [0.3, 0.4) is 0 Å². The molecule has 6 heteroatoms. The summed E-state index contributed by atoms with van der Waals surface area (Å²) in [5, 5.41) is 10.8. The lowest BCUT2D eigenvalue weighted by molar-refractivity contribution is -0.386. The van der Waals surface area contributed by atoms with Gasteiger partial charge >= 0.3 is 5.69 Å². The van der Waals surface area contributed by atoms with Crippen LogP contribution in [0.2, 0.25) is 0 Å². The van der Waals surface area contributed by atoms with E-state index < -0.39 is 10.7 Å². The first-order chi connectivity index (χ1) is 9.08. The predicted octanol–water partition coefficient (Wildman–Crippen LogP) is 3.02. The van der Waals surface area contributed by atoms with Gasteiger partial charge in [-0.3, -0.25) is 15.1 Å². The number of rotatable bonds is 4.